The van der Waals surface area contributed by atoms with Crippen LogP contribution in [0.3, 0.4) is 0 Å². The first kappa shape index (κ1) is 11.8. The highest BCUT2D eigenvalue weighted by atomic mass is 35.5. The number of amides is 1. The molecule has 1 aliphatic heterocycles. The number of hydrogen-bond acceptors (Lipinski definition) is 2. The van der Waals surface area contributed by atoms with Gasteiger partial charge in [0.05, 0.1) is 6.10 Å². The van der Waals surface area contributed by atoms with Gasteiger partial charge in [0.2, 0.25) is 5.91 Å². The minimum Gasteiger partial charge on any atom is -0.378 e. The fourth-order valence-electron chi connectivity index (χ4n) is 1.52. The van der Waals surface area contributed by atoms with Gasteiger partial charge in [-0.3, -0.25) is 4.79 Å². The molecule has 0 aliphatic carbocycles. The fourth-order valence-corrected chi connectivity index (χ4v) is 1.66. The van der Waals surface area contributed by atoms with Crippen LogP contribution in [0.25, 0.3) is 0 Å². The molecular weight excluding hydrogens is 202 g/mol. The van der Waals surface area contributed by atoms with Crippen molar-refractivity contribution in [2.24, 2.45) is 11.8 Å². The Morgan fingerprint density at radius 3 is 2.93 bits per heavy atom. The Kier molecular flexibility index (Phi) is 4.69. The third-order valence-corrected chi connectivity index (χ3v) is 3.21. The summed E-state index contributed by atoms with van der Waals surface area (Å²) in [5.41, 5.74) is 0. The Labute approximate surface area is 90.1 Å². The quantitative estimate of drug-likeness (QED) is 0.726. The zero-order valence-electron chi connectivity index (χ0n) is 8.75. The highest BCUT2D eigenvalue weighted by Crippen LogP contribution is 2.19. The van der Waals surface area contributed by atoms with Crippen LogP contribution in [0.15, 0.2) is 0 Å². The third kappa shape index (κ3) is 3.14. The van der Waals surface area contributed by atoms with Crippen molar-refractivity contribution in [3.63, 3.8) is 0 Å². The van der Waals surface area contributed by atoms with E-state index in [1.165, 1.54) is 0 Å². The van der Waals surface area contributed by atoms with Gasteiger partial charge in [-0.1, -0.05) is 6.92 Å². The van der Waals surface area contributed by atoms with Gasteiger partial charge >= 0.3 is 0 Å². The zero-order valence-corrected chi connectivity index (χ0v) is 9.51. The van der Waals surface area contributed by atoms with E-state index in [9.17, 15) is 4.79 Å². The zero-order chi connectivity index (χ0) is 10.6. The van der Waals surface area contributed by atoms with Gasteiger partial charge in [-0.15, -0.1) is 11.6 Å². The molecule has 1 N–H and O–H groups in total. The van der Waals surface area contributed by atoms with Crippen LogP contribution in [0.4, 0.5) is 0 Å². The molecular formula is C10H18ClNO2. The Hall–Kier alpha value is -0.280. The van der Waals surface area contributed by atoms with Gasteiger partial charge < -0.3 is 10.1 Å². The van der Waals surface area contributed by atoms with E-state index in [0.717, 1.165) is 13.0 Å². The van der Waals surface area contributed by atoms with Crippen LogP contribution in [-0.4, -0.2) is 31.0 Å². The van der Waals surface area contributed by atoms with Crippen molar-refractivity contribution in [1.29, 1.82) is 0 Å². The second-order valence-corrected chi connectivity index (χ2v) is 4.23. The number of alkyl halides is 1. The molecule has 3 unspecified atom stereocenters. The van der Waals surface area contributed by atoms with E-state index >= 15 is 0 Å². The van der Waals surface area contributed by atoms with Crippen molar-refractivity contribution in [3.8, 4) is 0 Å². The highest BCUT2D eigenvalue weighted by molar-refractivity contribution is 6.19. The Balaban J connectivity index is 2.22. The number of carbonyl (C=O) groups is 1. The average Bonchev–Trinajstić information content (AvgIpc) is 2.59. The molecule has 0 spiro atoms. The molecule has 1 amide bonds. The summed E-state index contributed by atoms with van der Waals surface area (Å²) in [5, 5.41) is 2.90. The minimum atomic E-state index is -0.103. The second-order valence-electron chi connectivity index (χ2n) is 3.93. The highest BCUT2D eigenvalue weighted by Gasteiger charge is 2.24. The number of rotatable bonds is 4. The maximum atomic E-state index is 11.4. The van der Waals surface area contributed by atoms with Crippen molar-refractivity contribution >= 4 is 17.5 Å². The SMILES string of the molecule is CC(CCl)C(=O)NCC1CCOC1C. The lowest BCUT2D eigenvalue weighted by atomic mass is 10.0. The first-order valence-electron chi connectivity index (χ1n) is 5.10. The van der Waals surface area contributed by atoms with Gasteiger partial charge in [-0.2, -0.15) is 0 Å². The predicted molar refractivity (Wildman–Crippen MR) is 56.4 cm³/mol. The summed E-state index contributed by atoms with van der Waals surface area (Å²) in [7, 11) is 0. The predicted octanol–water partition coefficient (Wildman–Crippen LogP) is 1.40. The van der Waals surface area contributed by atoms with E-state index < -0.39 is 0 Å². The molecule has 0 aromatic carbocycles. The maximum Gasteiger partial charge on any atom is 0.224 e. The van der Waals surface area contributed by atoms with Gasteiger partial charge in [0.15, 0.2) is 0 Å². The van der Waals surface area contributed by atoms with E-state index in [1.54, 1.807) is 0 Å². The third-order valence-electron chi connectivity index (χ3n) is 2.75. The van der Waals surface area contributed by atoms with Crippen molar-refractivity contribution in [2.75, 3.05) is 19.0 Å². The molecule has 82 valence electrons. The van der Waals surface area contributed by atoms with Crippen LogP contribution in [0.2, 0.25) is 0 Å². The summed E-state index contributed by atoms with van der Waals surface area (Å²) in [5.74, 6) is 0.776. The molecule has 1 rings (SSSR count). The van der Waals surface area contributed by atoms with Gasteiger partial charge in [-0.25, -0.2) is 0 Å². The van der Waals surface area contributed by atoms with Gasteiger partial charge in [-0.05, 0) is 13.3 Å². The lowest BCUT2D eigenvalue weighted by Gasteiger charge is -2.16. The van der Waals surface area contributed by atoms with Gasteiger partial charge in [0, 0.05) is 30.9 Å². The number of halogens is 1. The van der Waals surface area contributed by atoms with Crippen molar-refractivity contribution < 1.29 is 9.53 Å². The van der Waals surface area contributed by atoms with Crippen molar-refractivity contribution in [1.82, 2.24) is 5.32 Å². The summed E-state index contributed by atoms with van der Waals surface area (Å²) in [6, 6.07) is 0. The lowest BCUT2D eigenvalue weighted by molar-refractivity contribution is -0.124. The lowest BCUT2D eigenvalue weighted by Crippen LogP contribution is -2.35. The standard InChI is InChI=1S/C10H18ClNO2/c1-7(5-11)10(13)12-6-9-3-4-14-8(9)2/h7-9H,3-6H2,1-2H3,(H,12,13). The fraction of sp³-hybridized carbons (Fsp3) is 0.900. The van der Waals surface area contributed by atoms with Gasteiger partial charge in [0.1, 0.15) is 0 Å². The molecule has 0 bridgehead atoms. The van der Waals surface area contributed by atoms with Crippen LogP contribution in [-0.2, 0) is 9.53 Å². The van der Waals surface area contributed by atoms with Crippen LogP contribution in [0, 0.1) is 11.8 Å². The van der Waals surface area contributed by atoms with Crippen LogP contribution >= 0.6 is 11.6 Å². The van der Waals surface area contributed by atoms with Crippen molar-refractivity contribution in [3.05, 3.63) is 0 Å². The molecule has 3 atom stereocenters. The van der Waals surface area contributed by atoms with E-state index in [4.69, 9.17) is 16.3 Å². The van der Waals surface area contributed by atoms with E-state index in [2.05, 4.69) is 12.2 Å². The first-order valence-corrected chi connectivity index (χ1v) is 5.64. The molecule has 1 saturated heterocycles. The summed E-state index contributed by atoms with van der Waals surface area (Å²) in [6.45, 7) is 5.40. The molecule has 14 heavy (non-hydrogen) atoms. The largest absolute Gasteiger partial charge is 0.378 e. The number of carbonyl (C=O) groups excluding carboxylic acids is 1. The topological polar surface area (TPSA) is 38.3 Å². The number of hydrogen-bond donors (Lipinski definition) is 1. The molecule has 1 aliphatic rings. The van der Waals surface area contributed by atoms with Crippen molar-refractivity contribution in [2.45, 2.75) is 26.4 Å². The second kappa shape index (κ2) is 5.56. The normalized spacial score (nSPS) is 28.8. The molecule has 4 heteroatoms. The summed E-state index contributed by atoms with van der Waals surface area (Å²) >= 11 is 5.59. The minimum absolute atomic E-state index is 0.0408. The van der Waals surface area contributed by atoms with E-state index in [1.807, 2.05) is 6.92 Å². The van der Waals surface area contributed by atoms with Crippen LogP contribution in [0.1, 0.15) is 20.3 Å². The summed E-state index contributed by atoms with van der Waals surface area (Å²) < 4.78 is 5.41. The van der Waals surface area contributed by atoms with E-state index in [0.29, 0.717) is 18.3 Å². The summed E-state index contributed by atoms with van der Waals surface area (Å²) in [4.78, 5) is 11.4. The van der Waals surface area contributed by atoms with Gasteiger partial charge in [0.25, 0.3) is 0 Å². The van der Waals surface area contributed by atoms with Crippen LogP contribution in [0.5, 0.6) is 0 Å². The Morgan fingerprint density at radius 1 is 1.71 bits per heavy atom. The molecule has 0 aromatic rings. The molecule has 0 saturated carbocycles. The smallest absolute Gasteiger partial charge is 0.224 e. The monoisotopic (exact) mass is 219 g/mol. The van der Waals surface area contributed by atoms with E-state index in [-0.39, 0.29) is 17.9 Å². The molecule has 1 fully saturated rings. The maximum absolute atomic E-state index is 11.4. The Bertz CT molecular complexity index is 199. The molecule has 0 aromatic heterocycles. The summed E-state index contributed by atoms with van der Waals surface area (Å²) in [6.07, 6.45) is 1.30. The molecule has 3 nitrogen and oxygen atoms in total. The number of ether oxygens (including phenoxy) is 1. The first-order chi connectivity index (χ1) is 6.65. The molecule has 1 heterocycles. The number of nitrogens with one attached hydrogen (secondary N) is 1. The Morgan fingerprint density at radius 2 is 2.43 bits per heavy atom. The molecule has 0 radical (unpaired) electrons. The average molecular weight is 220 g/mol. The van der Waals surface area contributed by atoms with Crippen LogP contribution < -0.4 is 5.32 Å².